The molecule has 0 amide bonds. The third kappa shape index (κ3) is 1.82. The van der Waals surface area contributed by atoms with Gasteiger partial charge in [0.1, 0.15) is 0 Å². The van der Waals surface area contributed by atoms with E-state index in [4.69, 9.17) is 0 Å². The summed E-state index contributed by atoms with van der Waals surface area (Å²) in [5, 5.41) is 0. The third-order valence-corrected chi connectivity index (χ3v) is 6.12. The van der Waals surface area contributed by atoms with E-state index in [1.807, 2.05) is 0 Å². The van der Waals surface area contributed by atoms with Gasteiger partial charge in [0.05, 0.1) is 8.80 Å². The molecule has 16 heavy (non-hydrogen) atoms. The van der Waals surface area contributed by atoms with E-state index in [1.165, 1.54) is 17.3 Å². The van der Waals surface area contributed by atoms with Crippen molar-refractivity contribution in [3.05, 3.63) is 41.5 Å². The summed E-state index contributed by atoms with van der Waals surface area (Å²) in [5.41, 5.74) is 5.08. The van der Waals surface area contributed by atoms with Crippen molar-refractivity contribution in [2.45, 2.75) is 25.1 Å². The van der Waals surface area contributed by atoms with Gasteiger partial charge in [-0.1, -0.05) is 49.9 Å². The number of hydrogen-bond acceptors (Lipinski definition) is 1. The Bertz CT molecular complexity index is 409. The molecule has 1 aliphatic carbocycles. The molecule has 0 saturated heterocycles. The van der Waals surface area contributed by atoms with E-state index >= 15 is 0 Å². The van der Waals surface area contributed by atoms with Crippen LogP contribution in [0.2, 0.25) is 12.6 Å². The minimum absolute atomic E-state index is 0.287. The summed E-state index contributed by atoms with van der Waals surface area (Å²) in [6.07, 6.45) is 2.47. The topological polar surface area (TPSA) is 3.24 Å². The minimum atomic E-state index is -0.287. The van der Waals surface area contributed by atoms with E-state index < -0.39 is 0 Å². The Balaban J connectivity index is 2.44. The Labute approximate surface area is 100 Å². The molecule has 1 atom stereocenters. The predicted octanol–water partition coefficient (Wildman–Crippen LogP) is 3.37. The average molecular weight is 230 g/mol. The van der Waals surface area contributed by atoms with Gasteiger partial charge >= 0.3 is 0 Å². The first kappa shape index (κ1) is 11.5. The molecule has 2 heteroatoms. The Morgan fingerprint density at radius 2 is 1.94 bits per heavy atom. The van der Waals surface area contributed by atoms with Gasteiger partial charge < -0.3 is 4.90 Å². The van der Waals surface area contributed by atoms with Crippen molar-refractivity contribution in [1.29, 1.82) is 0 Å². The van der Waals surface area contributed by atoms with Crippen LogP contribution in [-0.4, -0.2) is 27.8 Å². The summed E-state index contributed by atoms with van der Waals surface area (Å²) in [5.74, 6) is 0. The number of benzene rings is 1. The van der Waals surface area contributed by atoms with Crippen LogP contribution in [0, 0.1) is 0 Å². The van der Waals surface area contributed by atoms with Crippen LogP contribution < -0.4 is 0 Å². The highest BCUT2D eigenvalue weighted by Gasteiger charge is 2.27. The smallest absolute Gasteiger partial charge is 0.0579 e. The number of fused-ring (bicyclic) bond motifs is 1. The summed E-state index contributed by atoms with van der Waals surface area (Å²) >= 11 is 0. The second-order valence-electron chi connectivity index (χ2n) is 4.71. The summed E-state index contributed by atoms with van der Waals surface area (Å²) in [6, 6.07) is 10.2. The predicted molar refractivity (Wildman–Crippen MR) is 72.9 cm³/mol. The first-order chi connectivity index (χ1) is 7.65. The number of rotatable bonds is 3. The van der Waals surface area contributed by atoms with Crippen molar-refractivity contribution < 1.29 is 0 Å². The molecule has 0 saturated carbocycles. The lowest BCUT2D eigenvalue weighted by Gasteiger charge is -2.15. The molecule has 85 valence electrons. The quantitative estimate of drug-likeness (QED) is 0.720. The SMILES string of the molecule is CC[Si](C)C1C=C(N(C)C)c2ccccc21. The molecule has 0 N–H and O–H groups in total. The van der Waals surface area contributed by atoms with Crippen LogP contribution in [0.1, 0.15) is 23.6 Å². The first-order valence-electron chi connectivity index (χ1n) is 5.96. The lowest BCUT2D eigenvalue weighted by molar-refractivity contribution is 0.593. The van der Waals surface area contributed by atoms with Crippen LogP contribution in [0.15, 0.2) is 30.3 Å². The molecule has 1 aliphatic rings. The molecule has 0 spiro atoms. The molecule has 0 bridgehead atoms. The summed E-state index contributed by atoms with van der Waals surface area (Å²) < 4.78 is 0. The Morgan fingerprint density at radius 1 is 1.25 bits per heavy atom. The van der Waals surface area contributed by atoms with Gasteiger partial charge in [0, 0.05) is 25.4 Å². The van der Waals surface area contributed by atoms with Gasteiger partial charge in [-0.25, -0.2) is 0 Å². The monoisotopic (exact) mass is 230 g/mol. The van der Waals surface area contributed by atoms with Crippen LogP contribution in [0.4, 0.5) is 0 Å². The molecule has 2 rings (SSSR count). The number of hydrogen-bond donors (Lipinski definition) is 0. The zero-order valence-electron chi connectivity index (χ0n) is 10.6. The first-order valence-corrected chi connectivity index (χ1v) is 8.24. The fourth-order valence-electron chi connectivity index (χ4n) is 2.36. The molecule has 0 heterocycles. The highest BCUT2D eigenvalue weighted by atomic mass is 28.3. The Morgan fingerprint density at radius 3 is 2.56 bits per heavy atom. The normalized spacial score (nSPS) is 18.6. The zero-order chi connectivity index (χ0) is 11.7. The largest absolute Gasteiger partial charge is 0.377 e. The summed E-state index contributed by atoms with van der Waals surface area (Å²) in [4.78, 5) is 2.24. The second kappa shape index (κ2) is 4.46. The van der Waals surface area contributed by atoms with Crippen molar-refractivity contribution in [2.24, 2.45) is 0 Å². The molecule has 0 aliphatic heterocycles. The van der Waals surface area contributed by atoms with E-state index in [1.54, 1.807) is 5.56 Å². The number of nitrogens with zero attached hydrogens (tertiary/aromatic N) is 1. The van der Waals surface area contributed by atoms with Gasteiger partial charge in [-0.15, -0.1) is 0 Å². The standard InChI is InChI=1S/C14H20NSi/c1-5-16(4)14-10-13(15(2)3)11-8-6-7-9-12(11)14/h6-10,14H,5H2,1-4H3. The van der Waals surface area contributed by atoms with E-state index in [0.29, 0.717) is 5.54 Å². The Hall–Kier alpha value is -1.02. The number of allylic oxidation sites excluding steroid dienone is 1. The van der Waals surface area contributed by atoms with Crippen molar-refractivity contribution in [3.63, 3.8) is 0 Å². The van der Waals surface area contributed by atoms with Gasteiger partial charge in [-0.2, -0.15) is 0 Å². The summed E-state index contributed by atoms with van der Waals surface area (Å²) in [6.45, 7) is 4.76. The maximum Gasteiger partial charge on any atom is 0.0579 e. The molecule has 1 radical (unpaired) electrons. The molecular weight excluding hydrogens is 210 g/mol. The van der Waals surface area contributed by atoms with E-state index in [-0.39, 0.29) is 8.80 Å². The third-order valence-electron chi connectivity index (χ3n) is 3.47. The summed E-state index contributed by atoms with van der Waals surface area (Å²) in [7, 11) is 3.99. The minimum Gasteiger partial charge on any atom is -0.377 e. The fraction of sp³-hybridized carbons (Fsp3) is 0.429. The van der Waals surface area contributed by atoms with Crippen molar-refractivity contribution >= 4 is 14.5 Å². The van der Waals surface area contributed by atoms with E-state index in [2.05, 4.69) is 62.8 Å². The van der Waals surface area contributed by atoms with Crippen LogP contribution in [0.25, 0.3) is 5.70 Å². The highest BCUT2D eigenvalue weighted by Crippen LogP contribution is 2.38. The van der Waals surface area contributed by atoms with Crippen molar-refractivity contribution in [1.82, 2.24) is 4.90 Å². The average Bonchev–Trinajstić information content (AvgIpc) is 2.67. The molecule has 1 aromatic rings. The second-order valence-corrected chi connectivity index (χ2v) is 7.73. The lowest BCUT2D eigenvalue weighted by atomic mass is 10.1. The lowest BCUT2D eigenvalue weighted by Crippen LogP contribution is -2.15. The zero-order valence-corrected chi connectivity index (χ0v) is 11.6. The van der Waals surface area contributed by atoms with E-state index in [0.717, 1.165) is 0 Å². The van der Waals surface area contributed by atoms with E-state index in [9.17, 15) is 0 Å². The van der Waals surface area contributed by atoms with Crippen LogP contribution in [-0.2, 0) is 0 Å². The van der Waals surface area contributed by atoms with Gasteiger partial charge in [0.25, 0.3) is 0 Å². The molecule has 1 nitrogen and oxygen atoms in total. The maximum absolute atomic E-state index is 2.47. The Kier molecular flexibility index (Phi) is 3.19. The fourth-order valence-corrected chi connectivity index (χ4v) is 4.02. The van der Waals surface area contributed by atoms with Gasteiger partial charge in [0.2, 0.25) is 0 Å². The van der Waals surface area contributed by atoms with Gasteiger partial charge in [0.15, 0.2) is 0 Å². The highest BCUT2D eigenvalue weighted by molar-refractivity contribution is 6.60. The van der Waals surface area contributed by atoms with Crippen LogP contribution >= 0.6 is 0 Å². The van der Waals surface area contributed by atoms with Crippen LogP contribution in [0.5, 0.6) is 0 Å². The molecule has 0 fully saturated rings. The van der Waals surface area contributed by atoms with Crippen LogP contribution in [0.3, 0.4) is 0 Å². The van der Waals surface area contributed by atoms with Crippen molar-refractivity contribution in [2.75, 3.05) is 14.1 Å². The molecule has 0 aromatic heterocycles. The van der Waals surface area contributed by atoms with Crippen molar-refractivity contribution in [3.8, 4) is 0 Å². The maximum atomic E-state index is 2.47. The molecular formula is C14H20NSi. The molecule has 1 aromatic carbocycles. The van der Waals surface area contributed by atoms with Gasteiger partial charge in [-0.05, 0) is 11.1 Å². The van der Waals surface area contributed by atoms with Gasteiger partial charge in [-0.3, -0.25) is 0 Å². The molecule has 1 unspecified atom stereocenters.